The Morgan fingerprint density at radius 2 is 1.74 bits per heavy atom. The number of rotatable bonds is 8. The van der Waals surface area contributed by atoms with E-state index in [9.17, 15) is 4.79 Å². The first kappa shape index (κ1) is 28.0. The number of ether oxygens (including phenoxy) is 2. The van der Waals surface area contributed by atoms with Crippen molar-refractivity contribution in [3.8, 4) is 22.6 Å². The minimum atomic E-state index is -0.272. The molecule has 1 saturated heterocycles. The molecule has 1 aliphatic carbocycles. The van der Waals surface area contributed by atoms with Gasteiger partial charge in [-0.25, -0.2) is 9.97 Å². The van der Waals surface area contributed by atoms with Gasteiger partial charge in [0.05, 0.1) is 18.2 Å². The second-order valence-corrected chi connectivity index (χ2v) is 11.3. The van der Waals surface area contributed by atoms with E-state index in [1.165, 1.54) is 12.8 Å². The van der Waals surface area contributed by atoms with Crippen LogP contribution in [0, 0.1) is 0 Å². The van der Waals surface area contributed by atoms with E-state index in [0.717, 1.165) is 61.2 Å². The van der Waals surface area contributed by atoms with Crippen LogP contribution in [0.5, 0.6) is 11.5 Å². The van der Waals surface area contributed by atoms with Gasteiger partial charge in [-0.15, -0.1) is 0 Å². The van der Waals surface area contributed by atoms with Crippen molar-refractivity contribution in [1.82, 2.24) is 24.3 Å². The number of likely N-dealkylation sites (N-methyl/N-ethyl adjacent to an activating group) is 1. The average molecular weight is 570 g/mol. The summed E-state index contributed by atoms with van der Waals surface area (Å²) in [5.74, 6) is 1.36. The van der Waals surface area contributed by atoms with Gasteiger partial charge in [0.2, 0.25) is 0 Å². The quantitative estimate of drug-likeness (QED) is 0.321. The molecule has 1 saturated carbocycles. The minimum absolute atomic E-state index is 0.104. The van der Waals surface area contributed by atoms with Crippen LogP contribution in [0.1, 0.15) is 31.7 Å². The number of nitrogens with zero attached hydrogens (tertiary/aromatic N) is 5. The minimum Gasteiger partial charge on any atom is -0.495 e. The highest BCUT2D eigenvalue weighted by atomic mass is 16.5. The van der Waals surface area contributed by atoms with Crippen molar-refractivity contribution in [3.63, 3.8) is 0 Å². The molecule has 10 nitrogen and oxygen atoms in total. The van der Waals surface area contributed by atoms with E-state index in [1.807, 2.05) is 48.5 Å². The molecule has 2 aromatic carbocycles. The van der Waals surface area contributed by atoms with Crippen LogP contribution in [-0.2, 0) is 4.79 Å². The molecule has 3 N–H and O–H groups in total. The highest BCUT2D eigenvalue weighted by Crippen LogP contribution is 2.40. The zero-order valence-electron chi connectivity index (χ0n) is 24.3. The maximum Gasteiger partial charge on any atom is 0.262 e. The molecule has 0 radical (unpaired) electrons. The van der Waals surface area contributed by atoms with Crippen LogP contribution in [0.15, 0.2) is 61.1 Å². The molecule has 3 heterocycles. The Balaban J connectivity index is 1.21. The molecule has 2 aliphatic rings. The van der Waals surface area contributed by atoms with Gasteiger partial charge in [-0.1, -0.05) is 24.3 Å². The van der Waals surface area contributed by atoms with E-state index in [0.29, 0.717) is 35.1 Å². The number of para-hydroxylation sites is 1. The van der Waals surface area contributed by atoms with Crippen LogP contribution in [0.3, 0.4) is 0 Å². The standard InChI is InChI=1S/C32H39N7O3/c1-37-14-16-38(17-15-37)23-9-11-24(12-10-23)39-19-26(30-31(33)34-21-35-32(30)39)22-8-13-27(28(18-22)41-2)36-29(40)20-42-25-6-4-3-5-7-25/h3-8,13,18-19,21,23-24H,9-12,14-17,20H2,1-2H3,(H,36,40)(H2,33,34,35). The molecule has 0 atom stereocenters. The van der Waals surface area contributed by atoms with E-state index in [4.69, 9.17) is 15.2 Å². The van der Waals surface area contributed by atoms with Crippen molar-refractivity contribution in [2.45, 2.75) is 37.8 Å². The maximum atomic E-state index is 12.6. The number of aromatic nitrogens is 3. The fraction of sp³-hybridized carbons (Fsp3) is 0.406. The lowest BCUT2D eigenvalue weighted by Gasteiger charge is -2.41. The fourth-order valence-corrected chi connectivity index (χ4v) is 6.31. The topological polar surface area (TPSA) is 111 Å². The number of hydrogen-bond acceptors (Lipinski definition) is 8. The Hall–Kier alpha value is -4.15. The van der Waals surface area contributed by atoms with Crippen molar-refractivity contribution in [2.24, 2.45) is 0 Å². The van der Waals surface area contributed by atoms with Crippen molar-refractivity contribution in [3.05, 3.63) is 61.1 Å². The molecule has 220 valence electrons. The van der Waals surface area contributed by atoms with Crippen LogP contribution in [0.25, 0.3) is 22.2 Å². The number of anilines is 2. The fourth-order valence-electron chi connectivity index (χ4n) is 6.31. The first-order valence-electron chi connectivity index (χ1n) is 14.7. The summed E-state index contributed by atoms with van der Waals surface area (Å²) in [6.07, 6.45) is 8.27. The molecule has 1 amide bonds. The second-order valence-electron chi connectivity index (χ2n) is 11.3. The van der Waals surface area contributed by atoms with Gasteiger partial charge in [-0.05, 0) is 62.6 Å². The number of nitrogens with one attached hydrogen (secondary N) is 1. The molecule has 42 heavy (non-hydrogen) atoms. The van der Waals surface area contributed by atoms with E-state index in [-0.39, 0.29) is 12.5 Å². The Morgan fingerprint density at radius 1 is 1.00 bits per heavy atom. The summed E-state index contributed by atoms with van der Waals surface area (Å²) < 4.78 is 13.6. The third kappa shape index (κ3) is 5.91. The van der Waals surface area contributed by atoms with Crippen LogP contribution in [0.2, 0.25) is 0 Å². The van der Waals surface area contributed by atoms with E-state index < -0.39 is 0 Å². The summed E-state index contributed by atoms with van der Waals surface area (Å²) in [6.45, 7) is 4.51. The normalized spacial score (nSPS) is 20.0. The molecular weight excluding hydrogens is 530 g/mol. The third-order valence-electron chi connectivity index (χ3n) is 8.65. The lowest BCUT2D eigenvalue weighted by atomic mass is 9.89. The van der Waals surface area contributed by atoms with Crippen molar-refractivity contribution >= 4 is 28.4 Å². The Labute approximate surface area is 246 Å². The van der Waals surface area contributed by atoms with Gasteiger partial charge in [0.25, 0.3) is 5.91 Å². The van der Waals surface area contributed by atoms with Gasteiger partial charge in [0.1, 0.15) is 29.3 Å². The Bertz CT molecular complexity index is 1520. The van der Waals surface area contributed by atoms with Gasteiger partial charge in [0, 0.05) is 50.0 Å². The van der Waals surface area contributed by atoms with Crippen LogP contribution >= 0.6 is 0 Å². The number of fused-ring (bicyclic) bond motifs is 1. The van der Waals surface area contributed by atoms with Crippen molar-refractivity contribution in [1.29, 1.82) is 0 Å². The lowest BCUT2D eigenvalue weighted by Crippen LogP contribution is -2.49. The van der Waals surface area contributed by atoms with E-state index >= 15 is 0 Å². The highest BCUT2D eigenvalue weighted by Gasteiger charge is 2.30. The number of hydrogen-bond donors (Lipinski definition) is 2. The molecule has 10 heteroatoms. The molecule has 0 spiro atoms. The number of nitrogen functional groups attached to an aromatic ring is 1. The summed E-state index contributed by atoms with van der Waals surface area (Å²) in [6, 6.07) is 16.0. The smallest absolute Gasteiger partial charge is 0.262 e. The first-order valence-corrected chi connectivity index (χ1v) is 14.7. The second kappa shape index (κ2) is 12.4. The van der Waals surface area contributed by atoms with Crippen LogP contribution in [-0.4, -0.2) is 83.2 Å². The molecule has 4 aromatic rings. The predicted molar refractivity (Wildman–Crippen MR) is 165 cm³/mol. The maximum absolute atomic E-state index is 12.6. The molecule has 1 aliphatic heterocycles. The van der Waals surface area contributed by atoms with Gasteiger partial charge in [-0.2, -0.15) is 0 Å². The Kier molecular flexibility index (Phi) is 8.25. The third-order valence-corrected chi connectivity index (χ3v) is 8.65. The van der Waals surface area contributed by atoms with Gasteiger partial charge in [-0.3, -0.25) is 9.69 Å². The average Bonchev–Trinajstić information content (AvgIpc) is 3.42. The van der Waals surface area contributed by atoms with E-state index in [1.54, 1.807) is 13.4 Å². The van der Waals surface area contributed by atoms with Gasteiger partial charge >= 0.3 is 0 Å². The zero-order chi connectivity index (χ0) is 29.1. The number of carbonyl (C=O) groups excluding carboxylic acids is 1. The number of benzene rings is 2. The lowest BCUT2D eigenvalue weighted by molar-refractivity contribution is -0.118. The number of piperazine rings is 1. The van der Waals surface area contributed by atoms with Gasteiger partial charge in [0.15, 0.2) is 6.61 Å². The van der Waals surface area contributed by atoms with Crippen molar-refractivity contribution < 1.29 is 14.3 Å². The predicted octanol–water partition coefficient (Wildman–Crippen LogP) is 4.44. The number of carbonyl (C=O) groups is 1. The summed E-state index contributed by atoms with van der Waals surface area (Å²) in [4.78, 5) is 26.7. The summed E-state index contributed by atoms with van der Waals surface area (Å²) in [5.41, 5.74) is 9.73. The molecule has 6 rings (SSSR count). The summed E-state index contributed by atoms with van der Waals surface area (Å²) >= 11 is 0. The SMILES string of the molecule is COc1cc(-c2cn(C3CCC(N4CCN(C)CC4)CC3)c3ncnc(N)c23)ccc1NC(=O)COc1ccccc1. The summed E-state index contributed by atoms with van der Waals surface area (Å²) in [7, 11) is 3.80. The van der Waals surface area contributed by atoms with E-state index in [2.05, 4.69) is 42.9 Å². The van der Waals surface area contributed by atoms with Gasteiger partial charge < -0.3 is 30.0 Å². The monoisotopic (exact) mass is 569 g/mol. The highest BCUT2D eigenvalue weighted by molar-refractivity contribution is 6.01. The summed E-state index contributed by atoms with van der Waals surface area (Å²) in [5, 5.41) is 3.74. The number of nitrogens with two attached hydrogens (primary N) is 1. The number of amides is 1. The molecular formula is C32H39N7O3. The molecule has 2 aromatic heterocycles. The first-order chi connectivity index (χ1) is 20.5. The molecule has 0 unspecified atom stereocenters. The largest absolute Gasteiger partial charge is 0.495 e. The molecule has 2 fully saturated rings. The molecule has 0 bridgehead atoms. The zero-order valence-corrected chi connectivity index (χ0v) is 24.3. The van der Waals surface area contributed by atoms with Crippen molar-refractivity contribution in [2.75, 3.05) is 58.0 Å². The number of methoxy groups -OCH3 is 1. The Morgan fingerprint density at radius 3 is 2.48 bits per heavy atom. The van der Waals surface area contributed by atoms with Crippen LogP contribution in [0.4, 0.5) is 11.5 Å². The van der Waals surface area contributed by atoms with Crippen LogP contribution < -0.4 is 20.5 Å².